The molecule has 1 atom stereocenters. The molecule has 0 spiro atoms. The van der Waals surface area contributed by atoms with Crippen molar-refractivity contribution in [1.29, 1.82) is 0 Å². The van der Waals surface area contributed by atoms with Crippen LogP contribution in [0.3, 0.4) is 0 Å². The van der Waals surface area contributed by atoms with Gasteiger partial charge in [0.05, 0.1) is 11.1 Å². The summed E-state index contributed by atoms with van der Waals surface area (Å²) in [4.78, 5) is 39.7. The molecule has 0 saturated carbocycles. The predicted octanol–water partition coefficient (Wildman–Crippen LogP) is 7.06. The van der Waals surface area contributed by atoms with E-state index in [1.165, 1.54) is 4.90 Å². The van der Waals surface area contributed by atoms with Crippen LogP contribution in [0.4, 0.5) is 4.79 Å². The summed E-state index contributed by atoms with van der Waals surface area (Å²) in [5, 5.41) is 2.71. The second-order valence-corrected chi connectivity index (χ2v) is 11.9. The molecule has 220 valence electrons. The molecule has 0 aliphatic carbocycles. The highest BCUT2D eigenvalue weighted by atomic mass is 31.2. The van der Waals surface area contributed by atoms with Crippen molar-refractivity contribution in [1.82, 2.24) is 10.2 Å². The van der Waals surface area contributed by atoms with Crippen molar-refractivity contribution in [3.05, 3.63) is 132 Å². The van der Waals surface area contributed by atoms with Gasteiger partial charge in [-0.05, 0) is 61.2 Å². The van der Waals surface area contributed by atoms with E-state index in [0.717, 1.165) is 5.56 Å². The zero-order valence-corrected chi connectivity index (χ0v) is 24.2. The number of alkyl carbamates (subject to hydrolysis) is 1. The summed E-state index contributed by atoms with van der Waals surface area (Å²) in [7, 11) is -4.12. The van der Waals surface area contributed by atoms with E-state index in [9.17, 15) is 18.9 Å². The Hall–Kier alpha value is -4.88. The topological polar surface area (TPSA) is 111 Å². The fourth-order valence-corrected chi connectivity index (χ4v) is 6.55. The van der Waals surface area contributed by atoms with Crippen LogP contribution in [-0.4, -0.2) is 35.1 Å². The Balaban J connectivity index is 1.32. The molecule has 4 aromatic rings. The summed E-state index contributed by atoms with van der Waals surface area (Å²) in [5.41, 5.74) is 1.55. The first-order chi connectivity index (χ1) is 20.9. The molecule has 1 N–H and O–H groups in total. The average Bonchev–Trinajstić information content (AvgIpc) is 3.27. The van der Waals surface area contributed by atoms with Crippen LogP contribution in [0, 0.1) is 0 Å². The molecule has 0 aromatic heterocycles. The molecule has 10 heteroatoms. The predicted molar refractivity (Wildman–Crippen MR) is 161 cm³/mol. The number of amides is 3. The van der Waals surface area contributed by atoms with Gasteiger partial charge in [0, 0.05) is 6.54 Å². The van der Waals surface area contributed by atoms with Gasteiger partial charge in [-0.15, -0.1) is 0 Å². The Labute approximate surface area is 249 Å². The molecule has 9 nitrogen and oxygen atoms in total. The van der Waals surface area contributed by atoms with Gasteiger partial charge in [-0.1, -0.05) is 78.9 Å². The minimum absolute atomic E-state index is 0.0164. The van der Waals surface area contributed by atoms with Crippen LogP contribution in [0.25, 0.3) is 0 Å². The fourth-order valence-electron chi connectivity index (χ4n) is 4.66. The van der Waals surface area contributed by atoms with Gasteiger partial charge < -0.3 is 19.1 Å². The smallest absolute Gasteiger partial charge is 0.445 e. The first-order valence-corrected chi connectivity index (χ1v) is 15.6. The monoisotopic (exact) mass is 598 g/mol. The number of carbonyl (C=O) groups excluding carboxylic acids is 3. The summed E-state index contributed by atoms with van der Waals surface area (Å²) in [6.45, 7) is 0.184. The van der Waals surface area contributed by atoms with Crippen molar-refractivity contribution < 1.29 is 32.7 Å². The van der Waals surface area contributed by atoms with Crippen molar-refractivity contribution in [2.45, 2.75) is 31.7 Å². The zero-order valence-electron chi connectivity index (χ0n) is 23.3. The van der Waals surface area contributed by atoms with Crippen molar-refractivity contribution in [2.24, 2.45) is 0 Å². The number of imide groups is 1. The van der Waals surface area contributed by atoms with Gasteiger partial charge in [-0.3, -0.25) is 14.5 Å². The number of para-hydroxylation sites is 2. The molecule has 4 aromatic carbocycles. The number of rotatable bonds is 13. The highest BCUT2D eigenvalue weighted by Gasteiger charge is 2.41. The summed E-state index contributed by atoms with van der Waals surface area (Å²) in [6.07, 6.45) is 0.153. The maximum absolute atomic E-state index is 14.5. The molecule has 1 heterocycles. The normalized spacial score (nSPS) is 13.3. The van der Waals surface area contributed by atoms with Crippen LogP contribution in [-0.2, 0) is 15.9 Å². The number of benzene rings is 4. The third-order valence-corrected chi connectivity index (χ3v) is 8.90. The van der Waals surface area contributed by atoms with E-state index in [0.29, 0.717) is 35.5 Å². The largest absolute Gasteiger partial charge is 0.453 e. The van der Waals surface area contributed by atoms with E-state index < -0.39 is 19.5 Å². The molecule has 0 radical (unpaired) electrons. The van der Waals surface area contributed by atoms with Gasteiger partial charge in [-0.25, -0.2) is 9.36 Å². The van der Waals surface area contributed by atoms with Crippen molar-refractivity contribution in [2.75, 3.05) is 6.54 Å². The summed E-state index contributed by atoms with van der Waals surface area (Å²) >= 11 is 0. The van der Waals surface area contributed by atoms with Crippen molar-refractivity contribution in [3.8, 4) is 11.5 Å². The Bertz CT molecular complexity index is 1520. The minimum atomic E-state index is -4.12. The van der Waals surface area contributed by atoms with Gasteiger partial charge in [0.15, 0.2) is 5.78 Å². The van der Waals surface area contributed by atoms with Gasteiger partial charge >= 0.3 is 13.7 Å². The molecule has 0 bridgehead atoms. The summed E-state index contributed by atoms with van der Waals surface area (Å²) in [6, 6.07) is 33.0. The third-order valence-electron chi connectivity index (χ3n) is 6.82. The molecule has 1 aliphatic rings. The maximum atomic E-state index is 14.5. The molecule has 5 rings (SSSR count). The number of hydrogen-bond acceptors (Lipinski definition) is 7. The molecule has 3 amide bonds. The molecule has 0 saturated heterocycles. The van der Waals surface area contributed by atoms with Gasteiger partial charge in [-0.2, -0.15) is 0 Å². The maximum Gasteiger partial charge on any atom is 0.453 e. The van der Waals surface area contributed by atoms with Crippen LogP contribution in [0.1, 0.15) is 45.5 Å². The van der Waals surface area contributed by atoms with Crippen LogP contribution in [0.2, 0.25) is 0 Å². The highest BCUT2D eigenvalue weighted by Crippen LogP contribution is 2.53. The standard InChI is InChI=1S/C33H31N2O7P/c36-31-28-20-10-11-21-29(28)32(37)35(31)23-13-12-22-30(34-33(38)40-24-25-14-4-1-5-15-25)43(39,41-26-16-6-2-7-17-26)42-27-18-8-3-9-19-27/h1-11,14-21,30H,12-13,22-24H2,(H,34,38)/t30-/m1/s1. The number of hydrogen-bond donors (Lipinski definition) is 1. The van der Waals surface area contributed by atoms with E-state index in [2.05, 4.69) is 5.32 Å². The molecule has 1 aliphatic heterocycles. The first-order valence-electron chi connectivity index (χ1n) is 13.9. The average molecular weight is 599 g/mol. The van der Waals surface area contributed by atoms with Crippen molar-refractivity contribution >= 4 is 25.5 Å². The number of unbranched alkanes of at least 4 members (excludes halogenated alkanes) is 1. The Morgan fingerprint density at radius 3 is 1.72 bits per heavy atom. The second-order valence-electron chi connectivity index (χ2n) is 9.87. The molecule has 0 fully saturated rings. The number of nitrogens with zero attached hydrogens (tertiary/aromatic N) is 1. The lowest BCUT2D eigenvalue weighted by molar-refractivity contribution is 0.0651. The van der Waals surface area contributed by atoms with E-state index in [4.69, 9.17) is 13.8 Å². The lowest BCUT2D eigenvalue weighted by Crippen LogP contribution is -2.38. The third kappa shape index (κ3) is 7.50. The first kappa shape index (κ1) is 29.6. The Kier molecular flexibility index (Phi) is 9.54. The van der Waals surface area contributed by atoms with Gasteiger partial charge in [0.2, 0.25) is 0 Å². The van der Waals surface area contributed by atoms with Crippen LogP contribution in [0.5, 0.6) is 11.5 Å². The van der Waals surface area contributed by atoms with Gasteiger partial charge in [0.25, 0.3) is 11.8 Å². The number of fused-ring (bicyclic) bond motifs is 1. The van der Waals surface area contributed by atoms with Crippen LogP contribution in [0.15, 0.2) is 115 Å². The minimum Gasteiger partial charge on any atom is -0.445 e. The number of ether oxygens (including phenoxy) is 1. The number of nitrogens with one attached hydrogen (secondary N) is 1. The lowest BCUT2D eigenvalue weighted by atomic mass is 10.1. The zero-order chi connectivity index (χ0) is 30.1. The molecule has 0 unspecified atom stereocenters. The highest BCUT2D eigenvalue weighted by molar-refractivity contribution is 7.55. The Morgan fingerprint density at radius 1 is 0.698 bits per heavy atom. The quantitative estimate of drug-likeness (QED) is 0.0997. The summed E-state index contributed by atoms with van der Waals surface area (Å²) in [5.74, 6) is -1.19. The van der Waals surface area contributed by atoms with E-state index in [-0.39, 0.29) is 31.4 Å². The molecular formula is C33H31N2O7P. The van der Waals surface area contributed by atoms with Crippen LogP contribution >= 0.6 is 7.60 Å². The Morgan fingerprint density at radius 2 is 1.19 bits per heavy atom. The van der Waals surface area contributed by atoms with Gasteiger partial charge in [0.1, 0.15) is 18.1 Å². The second kappa shape index (κ2) is 13.9. The fraction of sp³-hybridized carbons (Fsp3) is 0.182. The summed E-state index contributed by atoms with van der Waals surface area (Å²) < 4.78 is 31.9. The lowest BCUT2D eigenvalue weighted by Gasteiger charge is -2.28. The van der Waals surface area contributed by atoms with E-state index in [1.54, 1.807) is 84.9 Å². The molecule has 43 heavy (non-hydrogen) atoms. The van der Waals surface area contributed by atoms with Crippen molar-refractivity contribution in [3.63, 3.8) is 0 Å². The van der Waals surface area contributed by atoms with Crippen LogP contribution < -0.4 is 14.4 Å². The van der Waals surface area contributed by atoms with E-state index >= 15 is 0 Å². The number of carbonyl (C=O) groups is 3. The SMILES string of the molecule is O=C(N[C@@H](CCCCN1C(=O)c2ccccc2C1=O)P(=O)(Oc1ccccc1)Oc1ccccc1)OCc1ccccc1. The molecular weight excluding hydrogens is 567 g/mol. The van der Waals surface area contributed by atoms with E-state index in [1.807, 2.05) is 30.3 Å².